The largest absolute Gasteiger partial charge is 0.362 e. The zero-order valence-corrected chi connectivity index (χ0v) is 14.0. The van der Waals surface area contributed by atoms with Gasteiger partial charge in [-0.25, -0.2) is 8.78 Å². The summed E-state index contributed by atoms with van der Waals surface area (Å²) in [7, 11) is 0. The van der Waals surface area contributed by atoms with Crippen molar-refractivity contribution in [2.24, 2.45) is 5.92 Å². The number of nitrogens with one attached hydrogen (secondary N) is 1. The smallest absolute Gasteiger partial charge is 0.150 e. The van der Waals surface area contributed by atoms with Crippen LogP contribution in [0.25, 0.3) is 0 Å². The number of benzene rings is 1. The maximum absolute atomic E-state index is 14.3. The first-order valence-electron chi connectivity index (χ1n) is 7.61. The number of anilines is 1. The van der Waals surface area contributed by atoms with E-state index in [9.17, 15) is 8.78 Å². The lowest BCUT2D eigenvalue weighted by molar-refractivity contribution is 0.251. The van der Waals surface area contributed by atoms with Crippen LogP contribution in [0.1, 0.15) is 33.1 Å². The molecule has 0 bridgehead atoms. The van der Waals surface area contributed by atoms with Gasteiger partial charge in [-0.2, -0.15) is 0 Å². The maximum atomic E-state index is 14.3. The highest BCUT2D eigenvalue weighted by atomic mass is 79.9. The Hall–Kier alpha value is -0.680. The van der Waals surface area contributed by atoms with Crippen molar-refractivity contribution in [3.05, 3.63) is 28.2 Å². The predicted octanol–water partition coefficient (Wildman–Crippen LogP) is 4.08. The van der Waals surface area contributed by atoms with Crippen LogP contribution in [0.5, 0.6) is 0 Å². The SMILES string of the molecule is CCC1CNC(C)(C2CC2)CN1c1c(F)cc(F)cc1Br. The second kappa shape index (κ2) is 5.51. The molecule has 0 amide bonds. The summed E-state index contributed by atoms with van der Waals surface area (Å²) in [5, 5.41) is 3.65. The molecule has 0 radical (unpaired) electrons. The summed E-state index contributed by atoms with van der Waals surface area (Å²) in [6, 6.07) is 2.55. The second-order valence-electron chi connectivity index (χ2n) is 6.48. The minimum atomic E-state index is -0.545. The molecule has 1 saturated heterocycles. The molecule has 2 nitrogen and oxygen atoms in total. The first-order valence-corrected chi connectivity index (χ1v) is 8.40. The average molecular weight is 359 g/mol. The van der Waals surface area contributed by atoms with Crippen molar-refractivity contribution in [1.29, 1.82) is 0 Å². The van der Waals surface area contributed by atoms with Gasteiger partial charge in [0.15, 0.2) is 5.82 Å². The van der Waals surface area contributed by atoms with Crippen molar-refractivity contribution in [3.8, 4) is 0 Å². The molecule has 5 heteroatoms. The highest BCUT2D eigenvalue weighted by Crippen LogP contribution is 2.43. The summed E-state index contributed by atoms with van der Waals surface area (Å²) >= 11 is 3.34. The Labute approximate surface area is 133 Å². The molecule has 21 heavy (non-hydrogen) atoms. The van der Waals surface area contributed by atoms with Crippen LogP contribution in [0.15, 0.2) is 16.6 Å². The molecule has 3 rings (SSSR count). The molecule has 2 fully saturated rings. The van der Waals surface area contributed by atoms with E-state index in [1.165, 1.54) is 18.9 Å². The molecule has 0 spiro atoms. The first kappa shape index (κ1) is 15.2. The van der Waals surface area contributed by atoms with Crippen molar-refractivity contribution in [2.45, 2.75) is 44.7 Å². The van der Waals surface area contributed by atoms with Gasteiger partial charge in [0.05, 0.1) is 5.69 Å². The van der Waals surface area contributed by atoms with E-state index < -0.39 is 11.6 Å². The van der Waals surface area contributed by atoms with Crippen LogP contribution in [0.3, 0.4) is 0 Å². The van der Waals surface area contributed by atoms with Gasteiger partial charge in [0.1, 0.15) is 5.82 Å². The summed E-state index contributed by atoms with van der Waals surface area (Å²) in [6.45, 7) is 5.93. The molecule has 1 aliphatic carbocycles. The third-order valence-corrected chi connectivity index (χ3v) is 5.50. The normalized spacial score (nSPS) is 29.8. The standard InChI is InChI=1S/C16H21BrF2N2/c1-3-12-8-20-16(2,10-4-5-10)9-21(12)15-13(17)6-11(18)7-14(15)19/h6-7,10,12,20H,3-5,8-9H2,1-2H3. The number of nitrogens with zero attached hydrogens (tertiary/aromatic N) is 1. The van der Waals surface area contributed by atoms with Gasteiger partial charge < -0.3 is 10.2 Å². The lowest BCUT2D eigenvalue weighted by Crippen LogP contribution is -2.64. The van der Waals surface area contributed by atoms with E-state index in [1.807, 2.05) is 0 Å². The third kappa shape index (κ3) is 2.82. The van der Waals surface area contributed by atoms with Crippen LogP contribution < -0.4 is 10.2 Å². The summed E-state index contributed by atoms with van der Waals surface area (Å²) in [5.41, 5.74) is 0.517. The van der Waals surface area contributed by atoms with E-state index in [0.717, 1.165) is 25.6 Å². The van der Waals surface area contributed by atoms with E-state index >= 15 is 0 Å². The Morgan fingerprint density at radius 3 is 2.67 bits per heavy atom. The third-order valence-electron chi connectivity index (χ3n) is 4.90. The topological polar surface area (TPSA) is 15.3 Å². The molecule has 1 aromatic carbocycles. The van der Waals surface area contributed by atoms with Gasteiger partial charge in [-0.05, 0) is 54.1 Å². The van der Waals surface area contributed by atoms with Gasteiger partial charge in [-0.3, -0.25) is 0 Å². The van der Waals surface area contributed by atoms with Gasteiger partial charge in [-0.15, -0.1) is 0 Å². The average Bonchev–Trinajstić information content (AvgIpc) is 3.22. The van der Waals surface area contributed by atoms with Gasteiger partial charge in [0.25, 0.3) is 0 Å². The zero-order chi connectivity index (χ0) is 15.2. The summed E-state index contributed by atoms with van der Waals surface area (Å²) in [6.07, 6.45) is 3.40. The van der Waals surface area contributed by atoms with Crippen LogP contribution in [-0.2, 0) is 0 Å². The molecule has 2 aliphatic rings. The molecule has 1 N–H and O–H groups in total. The summed E-state index contributed by atoms with van der Waals surface area (Å²) in [5.74, 6) is -0.364. The minimum Gasteiger partial charge on any atom is -0.362 e. The molecular weight excluding hydrogens is 338 g/mol. The molecule has 1 aliphatic heterocycles. The van der Waals surface area contributed by atoms with Crippen LogP contribution in [0, 0.1) is 17.6 Å². The molecule has 1 aromatic rings. The fraction of sp³-hybridized carbons (Fsp3) is 0.625. The first-order chi connectivity index (χ1) is 9.94. The van der Waals surface area contributed by atoms with Crippen molar-refractivity contribution in [2.75, 3.05) is 18.0 Å². The Kier molecular flexibility index (Phi) is 3.99. The highest BCUT2D eigenvalue weighted by Gasteiger charge is 2.46. The number of halogens is 3. The molecule has 1 heterocycles. The Bertz CT molecular complexity index is 524. The molecule has 116 valence electrons. The number of rotatable bonds is 3. The van der Waals surface area contributed by atoms with E-state index in [4.69, 9.17) is 0 Å². The van der Waals surface area contributed by atoms with Gasteiger partial charge in [0, 0.05) is 35.2 Å². The molecule has 0 aromatic heterocycles. The fourth-order valence-corrected chi connectivity index (χ4v) is 4.07. The minimum absolute atomic E-state index is 0.0198. The zero-order valence-electron chi connectivity index (χ0n) is 12.4. The maximum Gasteiger partial charge on any atom is 0.150 e. The van der Waals surface area contributed by atoms with Crippen LogP contribution in [-0.4, -0.2) is 24.7 Å². The summed E-state index contributed by atoms with van der Waals surface area (Å²) < 4.78 is 28.2. The van der Waals surface area contributed by atoms with E-state index in [-0.39, 0.29) is 11.6 Å². The molecular formula is C16H21BrF2N2. The van der Waals surface area contributed by atoms with Crippen LogP contribution in [0.4, 0.5) is 14.5 Å². The quantitative estimate of drug-likeness (QED) is 0.875. The number of hydrogen-bond acceptors (Lipinski definition) is 2. The van der Waals surface area contributed by atoms with E-state index in [2.05, 4.69) is 40.0 Å². The Morgan fingerprint density at radius 1 is 1.38 bits per heavy atom. The Balaban J connectivity index is 1.96. The van der Waals surface area contributed by atoms with Crippen molar-refractivity contribution in [1.82, 2.24) is 5.32 Å². The number of hydrogen-bond donors (Lipinski definition) is 1. The van der Waals surface area contributed by atoms with Crippen LogP contribution >= 0.6 is 15.9 Å². The lowest BCUT2D eigenvalue weighted by atomic mass is 9.90. The highest BCUT2D eigenvalue weighted by molar-refractivity contribution is 9.10. The van der Waals surface area contributed by atoms with Crippen molar-refractivity contribution in [3.63, 3.8) is 0 Å². The molecule has 2 atom stereocenters. The monoisotopic (exact) mass is 358 g/mol. The number of piperazine rings is 1. The predicted molar refractivity (Wildman–Crippen MR) is 84.6 cm³/mol. The van der Waals surface area contributed by atoms with Gasteiger partial charge in [0.2, 0.25) is 0 Å². The fourth-order valence-electron chi connectivity index (χ4n) is 3.43. The van der Waals surface area contributed by atoms with Crippen molar-refractivity contribution >= 4 is 21.6 Å². The lowest BCUT2D eigenvalue weighted by Gasteiger charge is -2.48. The van der Waals surface area contributed by atoms with Gasteiger partial charge in [-0.1, -0.05) is 6.92 Å². The molecule has 1 saturated carbocycles. The van der Waals surface area contributed by atoms with Crippen LogP contribution in [0.2, 0.25) is 0 Å². The van der Waals surface area contributed by atoms with Crippen molar-refractivity contribution < 1.29 is 8.78 Å². The molecule has 2 unspecified atom stereocenters. The Morgan fingerprint density at radius 2 is 2.10 bits per heavy atom. The summed E-state index contributed by atoms with van der Waals surface area (Å²) in [4.78, 5) is 2.12. The van der Waals surface area contributed by atoms with Gasteiger partial charge >= 0.3 is 0 Å². The van der Waals surface area contributed by atoms with E-state index in [1.54, 1.807) is 0 Å². The second-order valence-corrected chi connectivity index (χ2v) is 7.33. The van der Waals surface area contributed by atoms with E-state index in [0.29, 0.717) is 16.1 Å².